The Hall–Kier alpha value is -3.59. The molecule has 0 unspecified atom stereocenters. The number of piperidine rings is 1. The normalized spacial score (nSPS) is 14.8. The number of nitrogens with zero attached hydrogens (tertiary/aromatic N) is 4. The number of hydrogen-bond acceptors (Lipinski definition) is 5. The number of aromatic nitrogens is 3. The van der Waals surface area contributed by atoms with E-state index in [0.717, 1.165) is 41.7 Å². The second kappa shape index (κ2) is 10.1. The van der Waals surface area contributed by atoms with Gasteiger partial charge in [0.1, 0.15) is 5.82 Å². The third kappa shape index (κ3) is 5.31. The number of amides is 1. The van der Waals surface area contributed by atoms with E-state index in [2.05, 4.69) is 46.5 Å². The van der Waals surface area contributed by atoms with Crippen LogP contribution in [-0.2, 0) is 13.6 Å². The number of carbonyl (C=O) groups is 1. The van der Waals surface area contributed by atoms with Crippen LogP contribution in [0.25, 0.3) is 5.69 Å². The molecule has 1 amide bonds. The van der Waals surface area contributed by atoms with Crippen molar-refractivity contribution in [3.8, 4) is 5.69 Å². The lowest BCUT2D eigenvalue weighted by Gasteiger charge is -2.32. The first-order valence-corrected chi connectivity index (χ1v) is 11.3. The van der Waals surface area contributed by atoms with Gasteiger partial charge in [0.05, 0.1) is 5.69 Å². The van der Waals surface area contributed by atoms with Gasteiger partial charge >= 0.3 is 5.69 Å². The highest BCUT2D eigenvalue weighted by atomic mass is 19.1. The summed E-state index contributed by atoms with van der Waals surface area (Å²) in [6, 6.07) is 13.6. The molecule has 1 aromatic heterocycles. The van der Waals surface area contributed by atoms with Crippen molar-refractivity contribution in [1.82, 2.24) is 24.6 Å². The Morgan fingerprint density at radius 3 is 2.35 bits per heavy atom. The monoisotopic (exact) mass is 465 g/mol. The summed E-state index contributed by atoms with van der Waals surface area (Å²) in [4.78, 5) is 40.2. The lowest BCUT2D eigenvalue weighted by Crippen LogP contribution is -2.45. The van der Waals surface area contributed by atoms with Crippen molar-refractivity contribution in [2.24, 2.45) is 13.0 Å². The molecule has 1 fully saturated rings. The highest BCUT2D eigenvalue weighted by Crippen LogP contribution is 2.18. The van der Waals surface area contributed by atoms with Crippen LogP contribution >= 0.6 is 0 Å². The molecule has 1 N–H and O–H groups in total. The first kappa shape index (κ1) is 23.6. The summed E-state index contributed by atoms with van der Waals surface area (Å²) in [6.07, 6.45) is 1.87. The van der Waals surface area contributed by atoms with Crippen LogP contribution in [0.1, 0.15) is 34.5 Å². The van der Waals surface area contributed by atoms with Crippen molar-refractivity contribution in [3.05, 3.63) is 92.0 Å². The van der Waals surface area contributed by atoms with Gasteiger partial charge in [-0.1, -0.05) is 29.8 Å². The van der Waals surface area contributed by atoms with E-state index in [1.807, 2.05) is 0 Å². The zero-order valence-electron chi connectivity index (χ0n) is 19.3. The number of hydrogen-bond donors (Lipinski definition) is 1. The van der Waals surface area contributed by atoms with E-state index in [1.54, 1.807) is 0 Å². The van der Waals surface area contributed by atoms with Gasteiger partial charge in [-0.2, -0.15) is 9.78 Å². The molecule has 4 rings (SSSR count). The predicted octanol–water partition coefficient (Wildman–Crippen LogP) is 2.02. The highest BCUT2D eigenvalue weighted by Gasteiger charge is 2.22. The fraction of sp³-hybridized carbons (Fsp3) is 0.360. The zero-order valence-corrected chi connectivity index (χ0v) is 19.3. The number of likely N-dealkylation sites (tertiary alicyclic amines) is 1. The first-order chi connectivity index (χ1) is 16.3. The fourth-order valence-corrected chi connectivity index (χ4v) is 4.09. The van der Waals surface area contributed by atoms with E-state index in [0.29, 0.717) is 12.5 Å². The van der Waals surface area contributed by atoms with Crippen LogP contribution in [0.4, 0.5) is 4.39 Å². The van der Waals surface area contributed by atoms with Gasteiger partial charge in [0.2, 0.25) is 5.69 Å². The number of aryl methyl sites for hydroxylation is 1. The minimum absolute atomic E-state index is 0.261. The number of halogens is 1. The summed E-state index contributed by atoms with van der Waals surface area (Å²) >= 11 is 0. The largest absolute Gasteiger partial charge is 0.351 e. The van der Waals surface area contributed by atoms with Gasteiger partial charge in [-0.25, -0.2) is 9.18 Å². The van der Waals surface area contributed by atoms with Gasteiger partial charge in [-0.15, -0.1) is 0 Å². The fourth-order valence-electron chi connectivity index (χ4n) is 4.09. The molecule has 0 spiro atoms. The van der Waals surface area contributed by atoms with Crippen molar-refractivity contribution in [1.29, 1.82) is 0 Å². The minimum atomic E-state index is -0.770. The summed E-state index contributed by atoms with van der Waals surface area (Å²) in [6.45, 7) is 5.28. The maximum atomic E-state index is 13.2. The maximum absolute atomic E-state index is 13.2. The van der Waals surface area contributed by atoms with Crippen LogP contribution in [0, 0.1) is 18.7 Å². The van der Waals surface area contributed by atoms with Gasteiger partial charge in [0.25, 0.3) is 11.5 Å². The molecule has 1 aliphatic heterocycles. The lowest BCUT2D eigenvalue weighted by molar-refractivity contribution is 0.0925. The molecule has 0 radical (unpaired) electrons. The van der Waals surface area contributed by atoms with Crippen LogP contribution in [-0.4, -0.2) is 44.8 Å². The molecular weight excluding hydrogens is 437 g/mol. The maximum Gasteiger partial charge on any atom is 0.351 e. The quantitative estimate of drug-likeness (QED) is 0.602. The third-order valence-corrected chi connectivity index (χ3v) is 6.25. The van der Waals surface area contributed by atoms with E-state index in [-0.39, 0.29) is 11.4 Å². The molecule has 2 aromatic carbocycles. The first-order valence-electron chi connectivity index (χ1n) is 11.3. The molecule has 0 atom stereocenters. The van der Waals surface area contributed by atoms with E-state index in [9.17, 15) is 18.8 Å². The Morgan fingerprint density at radius 2 is 1.71 bits per heavy atom. The summed E-state index contributed by atoms with van der Waals surface area (Å²) in [5.41, 5.74) is 0.939. The summed E-state index contributed by atoms with van der Waals surface area (Å²) < 4.78 is 15.0. The Morgan fingerprint density at radius 1 is 1.06 bits per heavy atom. The van der Waals surface area contributed by atoms with E-state index >= 15 is 0 Å². The number of nitrogens with one attached hydrogen (secondary N) is 1. The van der Waals surface area contributed by atoms with Gasteiger partial charge in [-0.05, 0) is 68.6 Å². The smallest absolute Gasteiger partial charge is 0.350 e. The Bertz CT molecular complexity index is 1270. The molecule has 0 saturated carbocycles. The van der Waals surface area contributed by atoms with Crippen molar-refractivity contribution < 1.29 is 9.18 Å². The molecule has 34 heavy (non-hydrogen) atoms. The SMILES string of the molecule is Cc1ccc(CN2CCC(CNC(=O)c3nn(-c4ccc(F)cc4)c(=O)n(C)c3=O)CC2)cc1. The molecule has 1 saturated heterocycles. The molecule has 9 heteroatoms. The molecule has 2 heterocycles. The summed E-state index contributed by atoms with van der Waals surface area (Å²) in [5.74, 6) is -0.798. The standard InChI is InChI=1S/C25H28FN5O3/c1-17-3-5-19(6-4-17)16-30-13-11-18(12-14-30)15-27-23(32)22-24(33)29(2)25(34)31(28-22)21-9-7-20(26)8-10-21/h3-10,18H,11-16H2,1-2H3,(H,27,32). The van der Waals surface area contributed by atoms with Crippen LogP contribution in [0.5, 0.6) is 0 Å². The molecule has 8 nitrogen and oxygen atoms in total. The molecule has 3 aromatic rings. The topological polar surface area (TPSA) is 89.2 Å². The van der Waals surface area contributed by atoms with Crippen LogP contribution in [0.2, 0.25) is 0 Å². The van der Waals surface area contributed by atoms with Gasteiger partial charge in [0, 0.05) is 20.1 Å². The highest BCUT2D eigenvalue weighted by molar-refractivity contribution is 5.91. The van der Waals surface area contributed by atoms with Crippen molar-refractivity contribution >= 4 is 5.91 Å². The Balaban J connectivity index is 1.38. The van der Waals surface area contributed by atoms with E-state index in [1.165, 1.54) is 42.4 Å². The average Bonchev–Trinajstić information content (AvgIpc) is 2.84. The van der Waals surface area contributed by atoms with E-state index < -0.39 is 23.0 Å². The van der Waals surface area contributed by atoms with Crippen molar-refractivity contribution in [3.63, 3.8) is 0 Å². The second-order valence-electron chi connectivity index (χ2n) is 8.80. The van der Waals surface area contributed by atoms with Crippen molar-refractivity contribution in [2.75, 3.05) is 19.6 Å². The predicted molar refractivity (Wildman–Crippen MR) is 127 cm³/mol. The lowest BCUT2D eigenvalue weighted by atomic mass is 9.96. The molecule has 178 valence electrons. The van der Waals surface area contributed by atoms with Crippen LogP contribution < -0.4 is 16.6 Å². The average molecular weight is 466 g/mol. The summed E-state index contributed by atoms with van der Waals surface area (Å²) in [5, 5.41) is 6.80. The van der Waals surface area contributed by atoms with E-state index in [4.69, 9.17) is 0 Å². The molecular formula is C25H28FN5O3. The molecule has 0 bridgehead atoms. The van der Waals surface area contributed by atoms with Gasteiger partial charge < -0.3 is 5.32 Å². The van der Waals surface area contributed by atoms with Gasteiger partial charge in [-0.3, -0.25) is 19.1 Å². The second-order valence-corrected chi connectivity index (χ2v) is 8.80. The molecule has 0 aliphatic carbocycles. The number of rotatable bonds is 6. The molecule has 1 aliphatic rings. The number of carbonyl (C=O) groups excluding carboxylic acids is 1. The third-order valence-electron chi connectivity index (χ3n) is 6.25. The summed E-state index contributed by atoms with van der Waals surface area (Å²) in [7, 11) is 1.28. The zero-order chi connectivity index (χ0) is 24.2. The van der Waals surface area contributed by atoms with Crippen LogP contribution in [0.3, 0.4) is 0 Å². The minimum Gasteiger partial charge on any atom is -0.350 e. The van der Waals surface area contributed by atoms with Crippen LogP contribution in [0.15, 0.2) is 58.1 Å². The number of benzene rings is 2. The Kier molecular flexibility index (Phi) is 7.02. The van der Waals surface area contributed by atoms with Crippen molar-refractivity contribution in [2.45, 2.75) is 26.3 Å². The Labute approximate surface area is 196 Å². The van der Waals surface area contributed by atoms with Gasteiger partial charge in [0.15, 0.2) is 0 Å².